The largest absolute Gasteiger partial charge is 0.389 e. The summed E-state index contributed by atoms with van der Waals surface area (Å²) >= 11 is 1.68. The summed E-state index contributed by atoms with van der Waals surface area (Å²) in [5, 5.41) is 11.2. The van der Waals surface area contributed by atoms with E-state index >= 15 is 0 Å². The lowest BCUT2D eigenvalue weighted by atomic mass is 10.2. The van der Waals surface area contributed by atoms with E-state index in [9.17, 15) is 5.11 Å². The van der Waals surface area contributed by atoms with Crippen LogP contribution in [-0.2, 0) is 0 Å². The van der Waals surface area contributed by atoms with Gasteiger partial charge in [0.2, 0.25) is 0 Å². The van der Waals surface area contributed by atoms with E-state index < -0.39 is 0 Å². The number of rotatable bonds is 3. The van der Waals surface area contributed by atoms with E-state index in [-0.39, 0.29) is 6.10 Å². The van der Waals surface area contributed by atoms with Crippen LogP contribution in [0.1, 0.15) is 18.2 Å². The van der Waals surface area contributed by atoms with E-state index in [1.807, 2.05) is 36.6 Å². The second-order valence-electron chi connectivity index (χ2n) is 2.35. The molecule has 0 saturated carbocycles. The molecule has 0 radical (unpaired) electrons. The molecule has 11 heavy (non-hydrogen) atoms. The molecule has 1 rings (SSSR count). The Morgan fingerprint density at radius 1 is 1.73 bits per heavy atom. The van der Waals surface area contributed by atoms with Crippen molar-refractivity contribution in [1.82, 2.24) is 0 Å². The first-order valence-corrected chi connectivity index (χ1v) is 4.60. The molecule has 0 aromatic carbocycles. The number of hydrogen-bond donors (Lipinski definition) is 1. The second-order valence-corrected chi connectivity index (χ2v) is 3.33. The number of aliphatic hydroxyl groups excluding tert-OH is 1. The summed E-state index contributed by atoms with van der Waals surface area (Å²) in [6, 6.07) is 4.03. The zero-order chi connectivity index (χ0) is 8.10. The number of thiophene rings is 1. The van der Waals surface area contributed by atoms with Gasteiger partial charge < -0.3 is 5.11 Å². The Morgan fingerprint density at radius 3 is 3.09 bits per heavy atom. The van der Waals surface area contributed by atoms with Crippen LogP contribution in [0.4, 0.5) is 0 Å². The van der Waals surface area contributed by atoms with Crippen molar-refractivity contribution in [2.75, 3.05) is 0 Å². The van der Waals surface area contributed by atoms with Crippen LogP contribution in [0.25, 0.3) is 6.08 Å². The van der Waals surface area contributed by atoms with Crippen molar-refractivity contribution in [2.45, 2.75) is 19.4 Å². The van der Waals surface area contributed by atoms with E-state index in [0.717, 1.165) is 6.42 Å². The van der Waals surface area contributed by atoms with E-state index in [2.05, 4.69) is 0 Å². The predicted molar refractivity (Wildman–Crippen MR) is 49.7 cm³/mol. The third-order valence-electron chi connectivity index (χ3n) is 1.44. The zero-order valence-corrected chi connectivity index (χ0v) is 7.34. The molecule has 0 aliphatic heterocycles. The van der Waals surface area contributed by atoms with Crippen molar-refractivity contribution in [1.29, 1.82) is 0 Å². The highest BCUT2D eigenvalue weighted by Gasteiger charge is 1.92. The third-order valence-corrected chi connectivity index (χ3v) is 2.28. The molecule has 0 aliphatic carbocycles. The maximum Gasteiger partial charge on any atom is 0.0721 e. The minimum atomic E-state index is -0.294. The Balaban J connectivity index is 2.48. The highest BCUT2D eigenvalue weighted by atomic mass is 32.1. The summed E-state index contributed by atoms with van der Waals surface area (Å²) < 4.78 is 0. The van der Waals surface area contributed by atoms with Crippen molar-refractivity contribution >= 4 is 17.4 Å². The van der Waals surface area contributed by atoms with Gasteiger partial charge in [-0.1, -0.05) is 19.1 Å². The van der Waals surface area contributed by atoms with Crippen molar-refractivity contribution in [2.24, 2.45) is 0 Å². The van der Waals surface area contributed by atoms with Crippen molar-refractivity contribution in [3.63, 3.8) is 0 Å². The van der Waals surface area contributed by atoms with Crippen LogP contribution >= 0.6 is 11.3 Å². The van der Waals surface area contributed by atoms with Crippen molar-refractivity contribution in [3.05, 3.63) is 28.5 Å². The molecule has 1 nitrogen and oxygen atoms in total. The molecule has 1 aromatic rings. The Hall–Kier alpha value is -0.600. The highest BCUT2D eigenvalue weighted by molar-refractivity contribution is 7.10. The lowest BCUT2D eigenvalue weighted by Crippen LogP contribution is -1.97. The molecule has 0 bridgehead atoms. The van der Waals surface area contributed by atoms with E-state index in [1.165, 1.54) is 4.88 Å². The van der Waals surface area contributed by atoms with Crippen LogP contribution in [0.3, 0.4) is 0 Å². The third kappa shape index (κ3) is 2.87. The first-order valence-electron chi connectivity index (χ1n) is 3.72. The molecule has 1 atom stereocenters. The minimum absolute atomic E-state index is 0.294. The molecule has 1 N–H and O–H groups in total. The van der Waals surface area contributed by atoms with Crippen LogP contribution in [0, 0.1) is 0 Å². The fourth-order valence-electron chi connectivity index (χ4n) is 0.728. The maximum absolute atomic E-state index is 9.17. The predicted octanol–water partition coefficient (Wildman–Crippen LogP) is 2.53. The van der Waals surface area contributed by atoms with Crippen LogP contribution in [0.5, 0.6) is 0 Å². The monoisotopic (exact) mass is 168 g/mol. The first-order chi connectivity index (χ1) is 5.33. The molecule has 0 amide bonds. The Bertz CT molecular complexity index is 213. The van der Waals surface area contributed by atoms with Gasteiger partial charge in [0.1, 0.15) is 0 Å². The topological polar surface area (TPSA) is 20.2 Å². The Kier molecular flexibility index (Phi) is 3.33. The average Bonchev–Trinajstić information content (AvgIpc) is 2.52. The SMILES string of the molecule is CCC(O)/C=C/c1cccs1. The van der Waals surface area contributed by atoms with Gasteiger partial charge in [-0.3, -0.25) is 0 Å². The van der Waals surface area contributed by atoms with Crippen molar-refractivity contribution in [3.8, 4) is 0 Å². The standard InChI is InChI=1S/C9H12OS/c1-2-8(10)5-6-9-4-3-7-11-9/h3-8,10H,2H2,1H3/b6-5+. The molecule has 0 aliphatic rings. The summed E-state index contributed by atoms with van der Waals surface area (Å²) in [5.74, 6) is 0. The van der Waals surface area contributed by atoms with E-state index in [4.69, 9.17) is 0 Å². The summed E-state index contributed by atoms with van der Waals surface area (Å²) in [6.07, 6.45) is 4.27. The van der Waals surface area contributed by atoms with Gasteiger partial charge >= 0.3 is 0 Å². The maximum atomic E-state index is 9.17. The van der Waals surface area contributed by atoms with Gasteiger partial charge in [0.05, 0.1) is 6.10 Å². The fourth-order valence-corrected chi connectivity index (χ4v) is 1.36. The van der Waals surface area contributed by atoms with Crippen LogP contribution in [-0.4, -0.2) is 11.2 Å². The molecule has 0 saturated heterocycles. The zero-order valence-electron chi connectivity index (χ0n) is 6.53. The quantitative estimate of drug-likeness (QED) is 0.735. The van der Waals surface area contributed by atoms with Crippen molar-refractivity contribution < 1.29 is 5.11 Å². The molecular formula is C9H12OS. The van der Waals surface area contributed by atoms with Crippen LogP contribution in [0.2, 0.25) is 0 Å². The summed E-state index contributed by atoms with van der Waals surface area (Å²) in [5.41, 5.74) is 0. The summed E-state index contributed by atoms with van der Waals surface area (Å²) in [4.78, 5) is 1.19. The summed E-state index contributed by atoms with van der Waals surface area (Å²) in [7, 11) is 0. The van der Waals surface area contributed by atoms with Crippen LogP contribution in [0.15, 0.2) is 23.6 Å². The van der Waals surface area contributed by atoms with Gasteiger partial charge in [0.15, 0.2) is 0 Å². The van der Waals surface area contributed by atoms with Gasteiger partial charge in [-0.15, -0.1) is 11.3 Å². The average molecular weight is 168 g/mol. The minimum Gasteiger partial charge on any atom is -0.389 e. The highest BCUT2D eigenvalue weighted by Crippen LogP contribution is 2.10. The van der Waals surface area contributed by atoms with E-state index in [1.54, 1.807) is 11.3 Å². The van der Waals surface area contributed by atoms with Gasteiger partial charge in [-0.25, -0.2) is 0 Å². The molecule has 1 aromatic heterocycles. The molecular weight excluding hydrogens is 156 g/mol. The Labute approximate surface area is 71.0 Å². The second kappa shape index (κ2) is 4.31. The van der Waals surface area contributed by atoms with Gasteiger partial charge in [-0.05, 0) is 23.9 Å². The molecule has 60 valence electrons. The molecule has 1 unspecified atom stereocenters. The normalized spacial score (nSPS) is 14.0. The Morgan fingerprint density at radius 2 is 2.55 bits per heavy atom. The number of aliphatic hydroxyl groups is 1. The van der Waals surface area contributed by atoms with Crippen LogP contribution < -0.4 is 0 Å². The molecule has 0 fully saturated rings. The van der Waals surface area contributed by atoms with Gasteiger partial charge in [0.25, 0.3) is 0 Å². The lowest BCUT2D eigenvalue weighted by molar-refractivity contribution is 0.220. The van der Waals surface area contributed by atoms with Gasteiger partial charge in [-0.2, -0.15) is 0 Å². The van der Waals surface area contributed by atoms with Gasteiger partial charge in [0, 0.05) is 4.88 Å². The smallest absolute Gasteiger partial charge is 0.0721 e. The first kappa shape index (κ1) is 8.50. The summed E-state index contributed by atoms with van der Waals surface area (Å²) in [6.45, 7) is 1.96. The fraction of sp³-hybridized carbons (Fsp3) is 0.333. The van der Waals surface area contributed by atoms with E-state index in [0.29, 0.717) is 0 Å². The molecule has 1 heterocycles. The lowest BCUT2D eigenvalue weighted by Gasteiger charge is -1.96. The molecule has 2 heteroatoms. The number of hydrogen-bond acceptors (Lipinski definition) is 2. The molecule has 0 spiro atoms.